The summed E-state index contributed by atoms with van der Waals surface area (Å²) in [6.07, 6.45) is 9.02. The molecule has 1 heterocycles. The Morgan fingerprint density at radius 3 is 2.71 bits per heavy atom. The Bertz CT molecular complexity index is 283. The molecule has 0 amide bonds. The third kappa shape index (κ3) is 2.65. The average molecular weight is 238 g/mol. The van der Waals surface area contributed by atoms with Crippen molar-refractivity contribution in [3.63, 3.8) is 0 Å². The van der Waals surface area contributed by atoms with Crippen LogP contribution in [-0.4, -0.2) is 25.3 Å². The molecule has 96 valence electrons. The fourth-order valence-electron chi connectivity index (χ4n) is 3.68. The topological polar surface area (TPSA) is 38.8 Å². The Labute approximate surface area is 103 Å². The number of hydrogen-bond acceptors (Lipinski definition) is 3. The summed E-state index contributed by atoms with van der Waals surface area (Å²) in [6, 6.07) is 0. The predicted octanol–water partition coefficient (Wildman–Crippen LogP) is 2.53. The zero-order valence-corrected chi connectivity index (χ0v) is 10.4. The van der Waals surface area contributed by atoms with Crippen LogP contribution in [0.3, 0.4) is 0 Å². The molecule has 4 unspecified atom stereocenters. The molecule has 2 saturated carbocycles. The number of epoxide rings is 1. The summed E-state index contributed by atoms with van der Waals surface area (Å²) in [5.74, 6) is 1.65. The van der Waals surface area contributed by atoms with Gasteiger partial charge in [-0.25, -0.2) is 0 Å². The van der Waals surface area contributed by atoms with E-state index < -0.39 is 0 Å². The van der Waals surface area contributed by atoms with E-state index in [0.29, 0.717) is 12.5 Å². The molecule has 1 aliphatic heterocycles. The molecule has 0 aromatic carbocycles. The fraction of sp³-hybridized carbons (Fsp3) is 0.929. The minimum absolute atomic E-state index is 0.0529. The highest BCUT2D eigenvalue weighted by Gasteiger charge is 2.39. The summed E-state index contributed by atoms with van der Waals surface area (Å²) in [5, 5.41) is 0. The van der Waals surface area contributed by atoms with Crippen LogP contribution in [0, 0.1) is 17.8 Å². The van der Waals surface area contributed by atoms with Gasteiger partial charge in [0.15, 0.2) is 0 Å². The maximum atomic E-state index is 12.1. The monoisotopic (exact) mass is 238 g/mol. The molecular formula is C14H22O3. The third-order valence-corrected chi connectivity index (χ3v) is 4.69. The van der Waals surface area contributed by atoms with Gasteiger partial charge in [0.1, 0.15) is 12.7 Å². The summed E-state index contributed by atoms with van der Waals surface area (Å²) < 4.78 is 10.5. The smallest absolute Gasteiger partial charge is 0.309 e. The molecule has 1 saturated heterocycles. The molecule has 3 heteroatoms. The number of carbonyl (C=O) groups excluding carboxylic acids is 1. The Morgan fingerprint density at radius 2 is 1.88 bits per heavy atom. The third-order valence-electron chi connectivity index (χ3n) is 4.69. The SMILES string of the molecule is O=C(OCC1CO1)C1CCCC2CCCCC21. The van der Waals surface area contributed by atoms with Crippen LogP contribution in [0.4, 0.5) is 0 Å². The summed E-state index contributed by atoms with van der Waals surface area (Å²) >= 11 is 0. The number of esters is 1. The van der Waals surface area contributed by atoms with E-state index in [1.807, 2.05) is 0 Å². The minimum Gasteiger partial charge on any atom is -0.463 e. The van der Waals surface area contributed by atoms with Gasteiger partial charge in [-0.15, -0.1) is 0 Å². The second kappa shape index (κ2) is 4.97. The molecule has 3 aliphatic rings. The van der Waals surface area contributed by atoms with Crippen molar-refractivity contribution in [2.75, 3.05) is 13.2 Å². The van der Waals surface area contributed by atoms with Gasteiger partial charge >= 0.3 is 5.97 Å². The van der Waals surface area contributed by atoms with E-state index in [9.17, 15) is 4.79 Å². The van der Waals surface area contributed by atoms with Gasteiger partial charge in [-0.05, 0) is 24.7 Å². The lowest BCUT2D eigenvalue weighted by molar-refractivity contribution is -0.154. The van der Waals surface area contributed by atoms with Gasteiger partial charge in [-0.3, -0.25) is 4.79 Å². The van der Waals surface area contributed by atoms with E-state index >= 15 is 0 Å². The van der Waals surface area contributed by atoms with Crippen LogP contribution in [-0.2, 0) is 14.3 Å². The molecule has 3 nitrogen and oxygen atoms in total. The van der Waals surface area contributed by atoms with E-state index in [1.54, 1.807) is 0 Å². The zero-order valence-electron chi connectivity index (χ0n) is 10.4. The number of carbonyl (C=O) groups is 1. The van der Waals surface area contributed by atoms with Gasteiger partial charge in [0.05, 0.1) is 12.5 Å². The van der Waals surface area contributed by atoms with Crippen molar-refractivity contribution in [1.29, 1.82) is 0 Å². The molecule has 4 atom stereocenters. The quantitative estimate of drug-likeness (QED) is 0.560. The lowest BCUT2D eigenvalue weighted by atomic mass is 9.65. The van der Waals surface area contributed by atoms with Crippen molar-refractivity contribution < 1.29 is 14.3 Å². The van der Waals surface area contributed by atoms with E-state index in [1.165, 1.54) is 38.5 Å². The van der Waals surface area contributed by atoms with Crippen molar-refractivity contribution in [2.45, 2.75) is 51.0 Å². The second-order valence-corrected chi connectivity index (χ2v) is 5.83. The lowest BCUT2D eigenvalue weighted by Gasteiger charge is -2.40. The highest BCUT2D eigenvalue weighted by atomic mass is 16.6. The Morgan fingerprint density at radius 1 is 1.12 bits per heavy atom. The van der Waals surface area contributed by atoms with Gasteiger partial charge in [-0.2, -0.15) is 0 Å². The summed E-state index contributed by atoms with van der Waals surface area (Å²) in [4.78, 5) is 12.1. The lowest BCUT2D eigenvalue weighted by Crippen LogP contribution is -2.36. The van der Waals surface area contributed by atoms with Crippen LogP contribution < -0.4 is 0 Å². The largest absolute Gasteiger partial charge is 0.463 e. The molecular weight excluding hydrogens is 216 g/mol. The first-order valence-corrected chi connectivity index (χ1v) is 7.13. The highest BCUT2D eigenvalue weighted by molar-refractivity contribution is 5.73. The van der Waals surface area contributed by atoms with Crippen molar-refractivity contribution in [3.05, 3.63) is 0 Å². The minimum atomic E-state index is 0.0529. The number of fused-ring (bicyclic) bond motifs is 1. The second-order valence-electron chi connectivity index (χ2n) is 5.83. The molecule has 3 rings (SSSR count). The molecule has 17 heavy (non-hydrogen) atoms. The van der Waals surface area contributed by atoms with Crippen molar-refractivity contribution in [3.8, 4) is 0 Å². The molecule has 0 N–H and O–H groups in total. The van der Waals surface area contributed by atoms with Crippen molar-refractivity contribution in [2.24, 2.45) is 17.8 Å². The van der Waals surface area contributed by atoms with E-state index in [-0.39, 0.29) is 18.0 Å². The Balaban J connectivity index is 1.57. The Kier molecular flexibility index (Phi) is 3.37. The first kappa shape index (κ1) is 11.5. The van der Waals surface area contributed by atoms with Crippen molar-refractivity contribution in [1.82, 2.24) is 0 Å². The molecule has 0 aromatic heterocycles. The first-order valence-electron chi connectivity index (χ1n) is 7.13. The van der Waals surface area contributed by atoms with Gasteiger partial charge in [-0.1, -0.05) is 32.1 Å². The van der Waals surface area contributed by atoms with Crippen LogP contribution in [0.15, 0.2) is 0 Å². The van der Waals surface area contributed by atoms with E-state index in [0.717, 1.165) is 18.9 Å². The number of rotatable bonds is 3. The predicted molar refractivity (Wildman–Crippen MR) is 63.5 cm³/mol. The van der Waals surface area contributed by atoms with Crippen LogP contribution >= 0.6 is 0 Å². The summed E-state index contributed by atoms with van der Waals surface area (Å²) in [6.45, 7) is 1.25. The maximum Gasteiger partial charge on any atom is 0.309 e. The maximum absolute atomic E-state index is 12.1. The zero-order chi connectivity index (χ0) is 11.7. The standard InChI is InChI=1S/C14H22O3/c15-14(17-9-11-8-16-11)13-7-3-5-10-4-1-2-6-12(10)13/h10-13H,1-9H2. The van der Waals surface area contributed by atoms with E-state index in [2.05, 4.69) is 0 Å². The average Bonchev–Trinajstić information content (AvgIpc) is 3.19. The fourth-order valence-corrected chi connectivity index (χ4v) is 3.68. The van der Waals surface area contributed by atoms with Gasteiger partial charge in [0.2, 0.25) is 0 Å². The molecule has 0 radical (unpaired) electrons. The Hall–Kier alpha value is -0.570. The summed E-state index contributed by atoms with van der Waals surface area (Å²) in [5.41, 5.74) is 0. The molecule has 0 bridgehead atoms. The van der Waals surface area contributed by atoms with E-state index in [4.69, 9.17) is 9.47 Å². The van der Waals surface area contributed by atoms with Gasteiger partial charge in [0, 0.05) is 0 Å². The van der Waals surface area contributed by atoms with Gasteiger partial charge in [0.25, 0.3) is 0 Å². The number of hydrogen-bond donors (Lipinski definition) is 0. The van der Waals surface area contributed by atoms with Crippen LogP contribution in [0.1, 0.15) is 44.9 Å². The van der Waals surface area contributed by atoms with Crippen molar-refractivity contribution >= 4 is 5.97 Å². The van der Waals surface area contributed by atoms with Crippen LogP contribution in [0.25, 0.3) is 0 Å². The first-order chi connectivity index (χ1) is 8.34. The van der Waals surface area contributed by atoms with Crippen LogP contribution in [0.2, 0.25) is 0 Å². The number of ether oxygens (including phenoxy) is 2. The van der Waals surface area contributed by atoms with Gasteiger partial charge < -0.3 is 9.47 Å². The van der Waals surface area contributed by atoms with Crippen LogP contribution in [0.5, 0.6) is 0 Å². The molecule has 3 fully saturated rings. The molecule has 0 spiro atoms. The normalized spacial score (nSPS) is 40.5. The molecule has 2 aliphatic carbocycles. The summed E-state index contributed by atoms with van der Waals surface area (Å²) in [7, 11) is 0. The molecule has 0 aromatic rings. The highest BCUT2D eigenvalue weighted by Crippen LogP contribution is 2.44.